The Balaban J connectivity index is 1.21. The van der Waals surface area contributed by atoms with Gasteiger partial charge in [0, 0.05) is 37.9 Å². The highest BCUT2D eigenvalue weighted by Crippen LogP contribution is 2.33. The molecule has 10 nitrogen and oxygen atoms in total. The number of aromatic nitrogens is 2. The highest BCUT2D eigenvalue weighted by atomic mass is 16.4. The molecule has 35 heavy (non-hydrogen) atoms. The Morgan fingerprint density at radius 3 is 2.97 bits per heavy atom. The number of likely N-dealkylation sites (tertiary alicyclic amines) is 2. The third-order valence-corrected chi connectivity index (χ3v) is 7.10. The number of carboxylic acids is 1. The summed E-state index contributed by atoms with van der Waals surface area (Å²) in [6.45, 7) is 2.81. The van der Waals surface area contributed by atoms with E-state index in [0.717, 1.165) is 43.9 Å². The number of hydrogen-bond acceptors (Lipinski definition) is 7. The number of aryl methyl sites for hydroxylation is 1. The van der Waals surface area contributed by atoms with Gasteiger partial charge >= 0.3 is 5.97 Å². The molecule has 184 valence electrons. The Hall–Kier alpha value is -3.53. The van der Waals surface area contributed by atoms with Crippen molar-refractivity contribution in [2.45, 2.75) is 44.3 Å². The van der Waals surface area contributed by atoms with Crippen molar-refractivity contribution >= 4 is 23.6 Å². The quantitative estimate of drug-likeness (QED) is 0.517. The van der Waals surface area contributed by atoms with Crippen molar-refractivity contribution in [1.82, 2.24) is 25.1 Å². The summed E-state index contributed by atoms with van der Waals surface area (Å²) in [5, 5.41) is 15.4. The molecule has 3 atom stereocenters. The maximum atomic E-state index is 13.3. The molecule has 2 aromatic heterocycles. The van der Waals surface area contributed by atoms with E-state index in [1.807, 2.05) is 6.07 Å². The first-order valence-electron chi connectivity index (χ1n) is 12.1. The van der Waals surface area contributed by atoms with Gasteiger partial charge in [0.05, 0.1) is 30.7 Å². The fourth-order valence-electron chi connectivity index (χ4n) is 5.44. The van der Waals surface area contributed by atoms with Crippen LogP contribution in [0.4, 0.5) is 5.82 Å². The zero-order valence-electron chi connectivity index (χ0n) is 19.5. The molecule has 2 amide bonds. The number of nitrogens with one attached hydrogen (secondary N) is 2. The standard InChI is InChI=1S/C25H30N6O4/c32-21(29-20(11-22(33)34)17-4-1-8-26-12-17)15-31-13-18-7-10-30(23(18)25(31)35)14-19-6-5-16-3-2-9-27-24(16)28-19/h1,4-6,8,12,18,20,23H,2-3,7,9-11,13-15H2,(H,27,28)(H,29,32)(H,33,34)/t18-,20-,23-/m0/s1. The van der Waals surface area contributed by atoms with Gasteiger partial charge in [0.2, 0.25) is 11.8 Å². The summed E-state index contributed by atoms with van der Waals surface area (Å²) >= 11 is 0. The number of hydrogen-bond donors (Lipinski definition) is 3. The van der Waals surface area contributed by atoms with Crippen molar-refractivity contribution in [3.8, 4) is 0 Å². The minimum atomic E-state index is -1.02. The lowest BCUT2D eigenvalue weighted by molar-refractivity contribution is -0.139. The number of carbonyl (C=O) groups is 3. The molecule has 5 heterocycles. The van der Waals surface area contributed by atoms with Crippen LogP contribution >= 0.6 is 0 Å². The average Bonchev–Trinajstić information content (AvgIpc) is 3.38. The van der Waals surface area contributed by atoms with E-state index >= 15 is 0 Å². The van der Waals surface area contributed by atoms with Crippen LogP contribution in [-0.4, -0.2) is 74.9 Å². The molecule has 0 spiro atoms. The van der Waals surface area contributed by atoms with E-state index in [4.69, 9.17) is 4.98 Å². The number of amides is 2. The lowest BCUT2D eigenvalue weighted by Gasteiger charge is -2.25. The molecule has 0 unspecified atom stereocenters. The van der Waals surface area contributed by atoms with Crippen LogP contribution in [0.15, 0.2) is 36.7 Å². The summed E-state index contributed by atoms with van der Waals surface area (Å²) in [5.74, 6) is -0.311. The Kier molecular flexibility index (Phi) is 6.63. The maximum absolute atomic E-state index is 13.3. The summed E-state index contributed by atoms with van der Waals surface area (Å²) in [6.07, 6.45) is 5.92. The van der Waals surface area contributed by atoms with Crippen LogP contribution in [-0.2, 0) is 27.3 Å². The number of fused-ring (bicyclic) bond motifs is 2. The van der Waals surface area contributed by atoms with Crippen LogP contribution in [0.3, 0.4) is 0 Å². The summed E-state index contributed by atoms with van der Waals surface area (Å²) in [7, 11) is 0. The zero-order valence-corrected chi connectivity index (χ0v) is 19.5. The molecule has 0 aliphatic carbocycles. The third-order valence-electron chi connectivity index (χ3n) is 7.10. The van der Waals surface area contributed by atoms with Crippen LogP contribution in [0.25, 0.3) is 0 Å². The molecule has 3 aliphatic heterocycles. The number of carbonyl (C=O) groups excluding carboxylic acids is 2. The fourth-order valence-corrected chi connectivity index (χ4v) is 5.44. The molecule has 0 radical (unpaired) electrons. The first kappa shape index (κ1) is 23.2. The van der Waals surface area contributed by atoms with Crippen LogP contribution < -0.4 is 10.6 Å². The molecule has 3 aliphatic rings. The first-order chi connectivity index (χ1) is 17.0. The van der Waals surface area contributed by atoms with Gasteiger partial charge in [0.25, 0.3) is 0 Å². The van der Waals surface area contributed by atoms with Crippen molar-refractivity contribution in [3.63, 3.8) is 0 Å². The number of carboxylic acid groups (broad SMARTS) is 1. The number of anilines is 1. The normalized spacial score (nSPS) is 22.3. The van der Waals surface area contributed by atoms with E-state index in [9.17, 15) is 19.5 Å². The molecule has 5 rings (SSSR count). The Labute approximate surface area is 203 Å². The van der Waals surface area contributed by atoms with E-state index in [1.165, 1.54) is 5.56 Å². The summed E-state index contributed by atoms with van der Waals surface area (Å²) < 4.78 is 0. The van der Waals surface area contributed by atoms with E-state index in [0.29, 0.717) is 18.7 Å². The molecule has 0 saturated carbocycles. The van der Waals surface area contributed by atoms with Gasteiger partial charge in [-0.15, -0.1) is 0 Å². The predicted molar refractivity (Wildman–Crippen MR) is 127 cm³/mol. The van der Waals surface area contributed by atoms with Crippen LogP contribution in [0, 0.1) is 5.92 Å². The van der Waals surface area contributed by atoms with Gasteiger partial charge in [-0.25, -0.2) is 4.98 Å². The van der Waals surface area contributed by atoms with E-state index < -0.39 is 12.0 Å². The lowest BCUT2D eigenvalue weighted by Crippen LogP contribution is -2.44. The van der Waals surface area contributed by atoms with Gasteiger partial charge in [-0.3, -0.25) is 24.3 Å². The number of aliphatic carboxylic acids is 1. The molecule has 0 bridgehead atoms. The Morgan fingerprint density at radius 2 is 2.17 bits per heavy atom. The van der Waals surface area contributed by atoms with E-state index in [1.54, 1.807) is 29.4 Å². The minimum absolute atomic E-state index is 0.0464. The van der Waals surface area contributed by atoms with Gasteiger partial charge in [0.1, 0.15) is 5.82 Å². The second-order valence-electron chi connectivity index (χ2n) is 9.53. The lowest BCUT2D eigenvalue weighted by atomic mass is 10.0. The largest absolute Gasteiger partial charge is 0.481 e. The van der Waals surface area contributed by atoms with Crippen molar-refractivity contribution < 1.29 is 19.5 Å². The smallest absolute Gasteiger partial charge is 0.305 e. The molecular weight excluding hydrogens is 448 g/mol. The number of nitrogens with zero attached hydrogens (tertiary/aromatic N) is 4. The SMILES string of the molecule is O=C(O)C[C@H](NC(=O)CN1C[C@@H]2CCN(Cc3ccc4c(n3)NCCC4)[C@@H]2C1=O)c1cccnc1. The van der Waals surface area contributed by atoms with E-state index in [-0.39, 0.29) is 36.7 Å². The van der Waals surface area contributed by atoms with Crippen molar-refractivity contribution in [3.05, 3.63) is 53.5 Å². The van der Waals surface area contributed by atoms with E-state index in [2.05, 4.69) is 26.6 Å². The number of rotatable bonds is 8. The molecule has 10 heteroatoms. The predicted octanol–water partition coefficient (Wildman–Crippen LogP) is 1.20. The monoisotopic (exact) mass is 478 g/mol. The van der Waals surface area contributed by atoms with Gasteiger partial charge in [-0.1, -0.05) is 12.1 Å². The molecule has 2 aromatic rings. The van der Waals surface area contributed by atoms with Crippen molar-refractivity contribution in [1.29, 1.82) is 0 Å². The van der Waals surface area contributed by atoms with Gasteiger partial charge < -0.3 is 20.6 Å². The second kappa shape index (κ2) is 9.99. The summed E-state index contributed by atoms with van der Waals surface area (Å²) in [4.78, 5) is 49.9. The summed E-state index contributed by atoms with van der Waals surface area (Å²) in [6, 6.07) is 6.65. The maximum Gasteiger partial charge on any atom is 0.305 e. The zero-order chi connectivity index (χ0) is 24.4. The third kappa shape index (κ3) is 5.12. The number of pyridine rings is 2. The molecule has 0 aromatic carbocycles. The van der Waals surface area contributed by atoms with Crippen LogP contribution in [0.1, 0.15) is 42.1 Å². The Bertz CT molecular complexity index is 1110. The van der Waals surface area contributed by atoms with Gasteiger partial charge in [-0.05, 0) is 49.1 Å². The topological polar surface area (TPSA) is 128 Å². The fraction of sp³-hybridized carbons (Fsp3) is 0.480. The second-order valence-corrected chi connectivity index (χ2v) is 9.53. The van der Waals surface area contributed by atoms with Crippen molar-refractivity contribution in [2.24, 2.45) is 5.92 Å². The Morgan fingerprint density at radius 1 is 1.29 bits per heavy atom. The highest BCUT2D eigenvalue weighted by Gasteiger charge is 2.48. The minimum Gasteiger partial charge on any atom is -0.481 e. The molecule has 3 N–H and O–H groups in total. The molecule has 2 saturated heterocycles. The van der Waals surface area contributed by atoms with Gasteiger partial charge in [0.15, 0.2) is 0 Å². The van der Waals surface area contributed by atoms with Crippen LogP contribution in [0.2, 0.25) is 0 Å². The average molecular weight is 479 g/mol. The van der Waals surface area contributed by atoms with Gasteiger partial charge in [-0.2, -0.15) is 0 Å². The summed E-state index contributed by atoms with van der Waals surface area (Å²) in [5.41, 5.74) is 2.79. The first-order valence-corrected chi connectivity index (χ1v) is 12.1. The molecule has 2 fully saturated rings. The van der Waals surface area contributed by atoms with Crippen LogP contribution in [0.5, 0.6) is 0 Å². The highest BCUT2D eigenvalue weighted by molar-refractivity contribution is 5.90. The van der Waals surface area contributed by atoms with Crippen molar-refractivity contribution in [2.75, 3.05) is 31.5 Å². The molecular formula is C25H30N6O4.